The minimum Gasteiger partial charge on any atom is -0.306 e. The van der Waals surface area contributed by atoms with Crippen molar-refractivity contribution in [3.63, 3.8) is 0 Å². The molecule has 0 N–H and O–H groups in total. The molecule has 0 bridgehead atoms. The first-order valence-corrected chi connectivity index (χ1v) is 6.72. The van der Waals surface area contributed by atoms with Crippen LogP contribution >= 0.6 is 11.3 Å². The van der Waals surface area contributed by atoms with Crippen LogP contribution in [0.1, 0.15) is 10.0 Å². The maximum atomic E-state index is 4.20. The average Bonchev–Trinajstić information content (AvgIpc) is 2.81. The molecule has 3 heterocycles. The molecule has 2 atom stereocenters. The standard InChI is InChI=1S/C11H18N4S/c1-8-12-13-11(16-8)7-15-5-9-3-14(2)4-10(9)6-15/h9-10H,3-7H2,1-2H3. The van der Waals surface area contributed by atoms with Crippen LogP contribution in [0, 0.1) is 18.8 Å². The summed E-state index contributed by atoms with van der Waals surface area (Å²) < 4.78 is 0. The number of likely N-dealkylation sites (tertiary alicyclic amines) is 2. The molecule has 2 aliphatic heterocycles. The van der Waals surface area contributed by atoms with E-state index in [1.165, 1.54) is 31.2 Å². The minimum absolute atomic E-state index is 0.888. The average molecular weight is 238 g/mol. The van der Waals surface area contributed by atoms with Gasteiger partial charge in [-0.05, 0) is 25.8 Å². The molecule has 0 saturated carbocycles. The fraction of sp³-hybridized carbons (Fsp3) is 0.818. The van der Waals surface area contributed by atoms with Crippen LogP contribution in [-0.4, -0.2) is 53.2 Å². The summed E-state index contributed by atoms with van der Waals surface area (Å²) in [5.41, 5.74) is 0. The maximum Gasteiger partial charge on any atom is 0.131 e. The molecule has 4 nitrogen and oxygen atoms in total. The van der Waals surface area contributed by atoms with Gasteiger partial charge in [0.1, 0.15) is 10.0 Å². The number of aromatic nitrogens is 2. The second-order valence-electron chi connectivity index (χ2n) is 5.15. The second kappa shape index (κ2) is 4.05. The highest BCUT2D eigenvalue weighted by molar-refractivity contribution is 7.11. The molecular formula is C11H18N4S. The van der Waals surface area contributed by atoms with Crippen molar-refractivity contribution in [1.29, 1.82) is 0 Å². The molecule has 2 unspecified atom stereocenters. The Labute approximate surface area is 100 Å². The molecule has 5 heteroatoms. The fourth-order valence-electron chi connectivity index (χ4n) is 3.05. The Morgan fingerprint density at radius 2 is 1.88 bits per heavy atom. The number of rotatable bonds is 2. The Morgan fingerprint density at radius 1 is 1.19 bits per heavy atom. The topological polar surface area (TPSA) is 32.3 Å². The lowest BCUT2D eigenvalue weighted by atomic mass is 10.0. The fourth-order valence-corrected chi connectivity index (χ4v) is 3.80. The molecule has 88 valence electrons. The number of hydrogen-bond donors (Lipinski definition) is 0. The summed E-state index contributed by atoms with van der Waals surface area (Å²) in [6.45, 7) is 8.06. The van der Waals surface area contributed by atoms with Crippen molar-refractivity contribution >= 4 is 11.3 Å². The third kappa shape index (κ3) is 1.99. The number of nitrogens with zero attached hydrogens (tertiary/aromatic N) is 4. The first-order chi connectivity index (χ1) is 7.70. The Morgan fingerprint density at radius 3 is 2.44 bits per heavy atom. The quantitative estimate of drug-likeness (QED) is 0.764. The van der Waals surface area contributed by atoms with E-state index in [2.05, 4.69) is 27.0 Å². The smallest absolute Gasteiger partial charge is 0.131 e. The summed E-state index contributed by atoms with van der Waals surface area (Å²) >= 11 is 1.73. The van der Waals surface area contributed by atoms with Gasteiger partial charge in [0.05, 0.1) is 6.54 Å². The summed E-state index contributed by atoms with van der Waals surface area (Å²) in [4.78, 5) is 5.00. The van der Waals surface area contributed by atoms with E-state index in [1.54, 1.807) is 11.3 Å². The van der Waals surface area contributed by atoms with E-state index in [4.69, 9.17) is 0 Å². The molecule has 2 saturated heterocycles. The largest absolute Gasteiger partial charge is 0.306 e. The van der Waals surface area contributed by atoms with E-state index in [0.29, 0.717) is 0 Å². The van der Waals surface area contributed by atoms with Crippen molar-refractivity contribution in [2.75, 3.05) is 33.2 Å². The summed E-state index contributed by atoms with van der Waals surface area (Å²) in [6, 6.07) is 0. The van der Waals surface area contributed by atoms with Crippen LogP contribution in [0.3, 0.4) is 0 Å². The molecule has 0 aliphatic carbocycles. The van der Waals surface area contributed by atoms with E-state index in [1.807, 2.05) is 6.92 Å². The van der Waals surface area contributed by atoms with Gasteiger partial charge in [-0.15, -0.1) is 21.5 Å². The minimum atomic E-state index is 0.888. The number of hydrogen-bond acceptors (Lipinski definition) is 5. The van der Waals surface area contributed by atoms with Crippen LogP contribution in [0.4, 0.5) is 0 Å². The van der Waals surface area contributed by atoms with E-state index < -0.39 is 0 Å². The van der Waals surface area contributed by atoms with Crippen LogP contribution in [0.2, 0.25) is 0 Å². The Kier molecular flexibility index (Phi) is 2.69. The van der Waals surface area contributed by atoms with Crippen molar-refractivity contribution in [3.8, 4) is 0 Å². The summed E-state index contributed by atoms with van der Waals surface area (Å²) in [6.07, 6.45) is 0. The van der Waals surface area contributed by atoms with E-state index in [-0.39, 0.29) is 0 Å². The first kappa shape index (κ1) is 10.6. The molecular weight excluding hydrogens is 220 g/mol. The highest BCUT2D eigenvalue weighted by Crippen LogP contribution is 2.31. The van der Waals surface area contributed by atoms with Crippen molar-refractivity contribution in [2.24, 2.45) is 11.8 Å². The second-order valence-corrected chi connectivity index (χ2v) is 6.42. The van der Waals surface area contributed by atoms with Gasteiger partial charge in [0, 0.05) is 26.2 Å². The Balaban J connectivity index is 1.59. The van der Waals surface area contributed by atoms with Crippen LogP contribution < -0.4 is 0 Å². The van der Waals surface area contributed by atoms with E-state index >= 15 is 0 Å². The lowest BCUT2D eigenvalue weighted by Crippen LogP contribution is -2.26. The van der Waals surface area contributed by atoms with Crippen molar-refractivity contribution in [2.45, 2.75) is 13.5 Å². The highest BCUT2D eigenvalue weighted by atomic mass is 32.1. The Bertz CT molecular complexity index is 364. The molecule has 0 amide bonds. The lowest BCUT2D eigenvalue weighted by Gasteiger charge is -2.17. The summed E-state index contributed by atoms with van der Waals surface area (Å²) in [5, 5.41) is 10.5. The Hall–Kier alpha value is -0.520. The van der Waals surface area contributed by atoms with Gasteiger partial charge in [0.2, 0.25) is 0 Å². The van der Waals surface area contributed by atoms with Gasteiger partial charge in [-0.1, -0.05) is 0 Å². The van der Waals surface area contributed by atoms with Crippen molar-refractivity contribution < 1.29 is 0 Å². The van der Waals surface area contributed by atoms with E-state index in [9.17, 15) is 0 Å². The monoisotopic (exact) mass is 238 g/mol. The van der Waals surface area contributed by atoms with E-state index in [0.717, 1.165) is 23.4 Å². The molecule has 1 aromatic heterocycles. The zero-order valence-electron chi connectivity index (χ0n) is 9.89. The molecule has 0 radical (unpaired) electrons. The van der Waals surface area contributed by atoms with Crippen LogP contribution in [0.15, 0.2) is 0 Å². The highest BCUT2D eigenvalue weighted by Gasteiger charge is 2.38. The molecule has 1 aromatic rings. The lowest BCUT2D eigenvalue weighted by molar-refractivity contribution is 0.271. The molecule has 16 heavy (non-hydrogen) atoms. The molecule has 3 rings (SSSR count). The van der Waals surface area contributed by atoms with Gasteiger partial charge in [0.25, 0.3) is 0 Å². The van der Waals surface area contributed by atoms with Crippen LogP contribution in [0.5, 0.6) is 0 Å². The predicted molar refractivity (Wildman–Crippen MR) is 64.4 cm³/mol. The third-order valence-electron chi connectivity index (χ3n) is 3.67. The predicted octanol–water partition coefficient (Wildman–Crippen LogP) is 0.840. The molecule has 0 spiro atoms. The van der Waals surface area contributed by atoms with Gasteiger partial charge >= 0.3 is 0 Å². The van der Waals surface area contributed by atoms with Crippen molar-refractivity contribution in [1.82, 2.24) is 20.0 Å². The molecule has 2 aliphatic rings. The third-order valence-corrected chi connectivity index (χ3v) is 4.49. The van der Waals surface area contributed by atoms with Gasteiger partial charge in [-0.3, -0.25) is 4.90 Å². The first-order valence-electron chi connectivity index (χ1n) is 5.90. The van der Waals surface area contributed by atoms with Crippen molar-refractivity contribution in [3.05, 3.63) is 10.0 Å². The summed E-state index contributed by atoms with van der Waals surface area (Å²) in [7, 11) is 2.23. The molecule has 0 aromatic carbocycles. The normalized spacial score (nSPS) is 31.1. The summed E-state index contributed by atoms with van der Waals surface area (Å²) in [5.74, 6) is 1.78. The van der Waals surface area contributed by atoms with Gasteiger partial charge in [-0.2, -0.15) is 0 Å². The van der Waals surface area contributed by atoms with Crippen LogP contribution in [-0.2, 0) is 6.54 Å². The zero-order chi connectivity index (χ0) is 11.1. The van der Waals surface area contributed by atoms with Crippen LogP contribution in [0.25, 0.3) is 0 Å². The zero-order valence-corrected chi connectivity index (χ0v) is 10.7. The van der Waals surface area contributed by atoms with Gasteiger partial charge in [-0.25, -0.2) is 0 Å². The SMILES string of the molecule is Cc1nnc(CN2CC3CN(C)CC3C2)s1. The number of fused-ring (bicyclic) bond motifs is 1. The molecule has 2 fully saturated rings. The van der Waals surface area contributed by atoms with Gasteiger partial charge < -0.3 is 4.90 Å². The number of aryl methyl sites for hydroxylation is 1. The van der Waals surface area contributed by atoms with Gasteiger partial charge in [0.15, 0.2) is 0 Å². The maximum absolute atomic E-state index is 4.20.